The number of aliphatic hydroxyl groups is 1. The highest BCUT2D eigenvalue weighted by Crippen LogP contribution is 2.49. The maximum atomic E-state index is 13.7. The minimum absolute atomic E-state index is 0.0641. The Morgan fingerprint density at radius 2 is 1.84 bits per heavy atom. The summed E-state index contributed by atoms with van der Waals surface area (Å²) in [4.78, 5) is 2.52. The van der Waals surface area contributed by atoms with Crippen LogP contribution in [0.2, 0.25) is 0 Å². The smallest absolute Gasteiger partial charge is 0.179 e. The number of sulfone groups is 1. The Balaban J connectivity index is 1.93. The Bertz CT molecular complexity index is 1030. The SMILES string of the molecule is CCCC[C@]1(CC)CS(=O)(=O)c2ccc(N3CCC3)cc2[C@@H](c2ccc(F)cc2)[C@H]1O. The molecule has 0 unspecified atom stereocenters. The molecule has 2 heterocycles. The summed E-state index contributed by atoms with van der Waals surface area (Å²) in [7, 11) is -3.59. The van der Waals surface area contributed by atoms with E-state index in [1.54, 1.807) is 18.2 Å². The number of rotatable bonds is 6. The Morgan fingerprint density at radius 1 is 1.13 bits per heavy atom. The first-order valence-corrected chi connectivity index (χ1v) is 13.0. The second kappa shape index (κ2) is 8.55. The van der Waals surface area contributed by atoms with E-state index in [1.807, 2.05) is 19.1 Å². The molecule has 1 saturated heterocycles. The van der Waals surface area contributed by atoms with Gasteiger partial charge in [-0.25, -0.2) is 12.8 Å². The molecule has 1 N–H and O–H groups in total. The number of aliphatic hydroxyl groups excluding tert-OH is 1. The number of benzene rings is 2. The minimum atomic E-state index is -3.59. The van der Waals surface area contributed by atoms with Crippen molar-refractivity contribution in [1.82, 2.24) is 0 Å². The molecule has 0 amide bonds. The zero-order valence-corrected chi connectivity index (χ0v) is 19.2. The molecule has 0 saturated carbocycles. The fourth-order valence-electron chi connectivity index (χ4n) is 5.17. The summed E-state index contributed by atoms with van der Waals surface area (Å²) < 4.78 is 40.9. The van der Waals surface area contributed by atoms with E-state index in [-0.39, 0.29) is 11.6 Å². The first-order valence-electron chi connectivity index (χ1n) is 11.4. The quantitative estimate of drug-likeness (QED) is 0.687. The number of hydrogen-bond acceptors (Lipinski definition) is 4. The molecule has 6 heteroatoms. The summed E-state index contributed by atoms with van der Waals surface area (Å²) in [5.41, 5.74) is 1.62. The molecule has 1 fully saturated rings. The van der Waals surface area contributed by atoms with Gasteiger partial charge in [-0.2, -0.15) is 0 Å². The average molecular weight is 446 g/mol. The third-order valence-electron chi connectivity index (χ3n) is 7.27. The van der Waals surface area contributed by atoms with Crippen LogP contribution < -0.4 is 4.90 Å². The number of hydrogen-bond donors (Lipinski definition) is 1. The van der Waals surface area contributed by atoms with Gasteiger partial charge in [0.15, 0.2) is 9.84 Å². The Labute approximate surface area is 185 Å². The van der Waals surface area contributed by atoms with E-state index in [1.165, 1.54) is 12.1 Å². The zero-order valence-electron chi connectivity index (χ0n) is 18.4. The molecule has 2 aliphatic rings. The molecule has 3 atom stereocenters. The van der Waals surface area contributed by atoms with Crippen molar-refractivity contribution in [2.45, 2.75) is 62.9 Å². The lowest BCUT2D eigenvalue weighted by Gasteiger charge is -2.39. The molecule has 4 rings (SSSR count). The van der Waals surface area contributed by atoms with Crippen molar-refractivity contribution in [3.63, 3.8) is 0 Å². The van der Waals surface area contributed by atoms with Gasteiger partial charge in [0.2, 0.25) is 0 Å². The highest BCUT2D eigenvalue weighted by Gasteiger charge is 2.49. The number of unbranched alkanes of at least 4 members (excludes halogenated alkanes) is 1. The largest absolute Gasteiger partial charge is 0.392 e. The van der Waals surface area contributed by atoms with E-state index < -0.39 is 27.3 Å². The van der Waals surface area contributed by atoms with Crippen molar-refractivity contribution >= 4 is 15.5 Å². The van der Waals surface area contributed by atoms with Crippen LogP contribution in [0.1, 0.15) is 63.0 Å². The molecule has 0 aliphatic carbocycles. The lowest BCUT2D eigenvalue weighted by molar-refractivity contribution is 0.0174. The van der Waals surface area contributed by atoms with Gasteiger partial charge in [0, 0.05) is 30.1 Å². The summed E-state index contributed by atoms with van der Waals surface area (Å²) in [5, 5.41) is 11.8. The van der Waals surface area contributed by atoms with Crippen molar-refractivity contribution in [3.05, 3.63) is 59.4 Å². The van der Waals surface area contributed by atoms with Crippen LogP contribution >= 0.6 is 0 Å². The predicted octanol–water partition coefficient (Wildman–Crippen LogP) is 4.90. The topological polar surface area (TPSA) is 57.6 Å². The number of nitrogens with zero attached hydrogens (tertiary/aromatic N) is 1. The van der Waals surface area contributed by atoms with E-state index in [9.17, 15) is 17.9 Å². The van der Waals surface area contributed by atoms with Crippen LogP contribution in [0.15, 0.2) is 47.4 Å². The summed E-state index contributed by atoms with van der Waals surface area (Å²) in [5.74, 6) is -0.932. The molecule has 4 nitrogen and oxygen atoms in total. The van der Waals surface area contributed by atoms with E-state index in [2.05, 4.69) is 11.8 Å². The Hall–Kier alpha value is -1.92. The Morgan fingerprint density at radius 3 is 2.42 bits per heavy atom. The fraction of sp³-hybridized carbons (Fsp3) is 0.520. The number of fused-ring (bicyclic) bond motifs is 1. The lowest BCUT2D eigenvalue weighted by Crippen LogP contribution is -2.42. The molecule has 168 valence electrons. The van der Waals surface area contributed by atoms with Crippen LogP contribution in [0.25, 0.3) is 0 Å². The van der Waals surface area contributed by atoms with Gasteiger partial charge in [-0.15, -0.1) is 0 Å². The number of anilines is 1. The maximum Gasteiger partial charge on any atom is 0.179 e. The molecule has 2 aromatic carbocycles. The minimum Gasteiger partial charge on any atom is -0.392 e. The molecular weight excluding hydrogens is 413 g/mol. The first kappa shape index (κ1) is 22.3. The van der Waals surface area contributed by atoms with Gasteiger partial charge >= 0.3 is 0 Å². The molecule has 0 spiro atoms. The van der Waals surface area contributed by atoms with Crippen molar-refractivity contribution in [2.75, 3.05) is 23.7 Å². The maximum absolute atomic E-state index is 13.7. The summed E-state index contributed by atoms with van der Waals surface area (Å²) in [6.45, 7) is 5.94. The predicted molar refractivity (Wildman–Crippen MR) is 122 cm³/mol. The van der Waals surface area contributed by atoms with Crippen LogP contribution in [0.4, 0.5) is 10.1 Å². The molecule has 0 radical (unpaired) electrons. The highest BCUT2D eigenvalue weighted by atomic mass is 32.2. The van der Waals surface area contributed by atoms with Gasteiger partial charge in [0.25, 0.3) is 0 Å². The summed E-state index contributed by atoms with van der Waals surface area (Å²) in [6, 6.07) is 11.7. The average Bonchev–Trinajstić information content (AvgIpc) is 2.77. The van der Waals surface area contributed by atoms with Gasteiger partial charge in [-0.05, 0) is 60.7 Å². The Kier molecular flexibility index (Phi) is 6.14. The van der Waals surface area contributed by atoms with Crippen molar-refractivity contribution in [3.8, 4) is 0 Å². The first-order chi connectivity index (χ1) is 14.8. The summed E-state index contributed by atoms with van der Waals surface area (Å²) in [6.07, 6.45) is 3.24. The van der Waals surface area contributed by atoms with Crippen LogP contribution in [-0.4, -0.2) is 38.5 Å². The van der Waals surface area contributed by atoms with Gasteiger partial charge < -0.3 is 10.0 Å². The van der Waals surface area contributed by atoms with Crippen LogP contribution in [0, 0.1) is 11.2 Å². The van der Waals surface area contributed by atoms with Crippen molar-refractivity contribution < 1.29 is 17.9 Å². The van der Waals surface area contributed by atoms with Crippen molar-refractivity contribution in [2.24, 2.45) is 5.41 Å². The van der Waals surface area contributed by atoms with Gasteiger partial charge in [-0.1, -0.05) is 38.8 Å². The summed E-state index contributed by atoms with van der Waals surface area (Å²) >= 11 is 0. The van der Waals surface area contributed by atoms with E-state index >= 15 is 0 Å². The standard InChI is InChI=1S/C25H32FNO3S/c1-3-5-13-25(4-2)17-31(29,30)22-12-11-20(27-14-6-15-27)16-21(22)23(24(25)28)18-7-9-19(26)10-8-18/h7-12,16,23-24,28H,3-6,13-15,17H2,1-2H3/t23-,24-,25-/m1/s1. The third-order valence-corrected chi connectivity index (χ3v) is 9.26. The van der Waals surface area contributed by atoms with Crippen LogP contribution in [0.3, 0.4) is 0 Å². The van der Waals surface area contributed by atoms with Gasteiger partial charge in [0.05, 0.1) is 16.8 Å². The molecule has 31 heavy (non-hydrogen) atoms. The normalized spacial score (nSPS) is 27.3. The van der Waals surface area contributed by atoms with Gasteiger partial charge in [-0.3, -0.25) is 0 Å². The van der Waals surface area contributed by atoms with E-state index in [4.69, 9.17) is 0 Å². The van der Waals surface area contributed by atoms with Gasteiger partial charge in [0.1, 0.15) is 5.82 Å². The lowest BCUT2D eigenvalue weighted by atomic mass is 9.69. The molecule has 0 bridgehead atoms. The molecule has 0 aromatic heterocycles. The molecule has 2 aromatic rings. The number of halogens is 1. The van der Waals surface area contributed by atoms with E-state index in [0.29, 0.717) is 23.3 Å². The fourth-order valence-corrected chi connectivity index (χ4v) is 7.42. The van der Waals surface area contributed by atoms with Crippen LogP contribution in [0.5, 0.6) is 0 Å². The molecular formula is C25H32FNO3S. The third kappa shape index (κ3) is 4.00. The second-order valence-electron chi connectivity index (χ2n) is 9.12. The van der Waals surface area contributed by atoms with E-state index in [0.717, 1.165) is 43.6 Å². The van der Waals surface area contributed by atoms with Crippen LogP contribution in [-0.2, 0) is 9.84 Å². The molecule has 2 aliphatic heterocycles. The second-order valence-corrected chi connectivity index (χ2v) is 11.1. The highest BCUT2D eigenvalue weighted by molar-refractivity contribution is 7.91. The van der Waals surface area contributed by atoms with Crippen molar-refractivity contribution in [1.29, 1.82) is 0 Å². The zero-order chi connectivity index (χ0) is 22.2. The monoisotopic (exact) mass is 445 g/mol.